The number of epoxide rings is 1. The fourth-order valence-electron chi connectivity index (χ4n) is 7.68. The van der Waals surface area contributed by atoms with E-state index in [-0.39, 0.29) is 34.9 Å². The first kappa shape index (κ1) is 34.1. The van der Waals surface area contributed by atoms with Crippen LogP contribution in [0.25, 0.3) is 0 Å². The Morgan fingerprint density at radius 1 is 0.830 bits per heavy atom. The van der Waals surface area contributed by atoms with Crippen LogP contribution in [0.1, 0.15) is 78.7 Å². The standard InChI is InChI=1S/C41H52O5Si/c1-32(30-43-47(39(2,3)4,34-20-11-7-12-21-34)35-22-13-8-14-23-35)36-24-17-27-41(44-36)28-25-37(45-41)38-40(5,46-38)26-15-16-29-42-31-33-18-9-6-10-19-33/h6-14,18-23,32,36-38H,17,24-31H2,1-5H3/t32-,36-,37-,38-,40-,41-/m0/s1. The molecule has 3 fully saturated rings. The molecule has 6 heteroatoms. The molecule has 3 aromatic carbocycles. The molecule has 0 amide bonds. The predicted molar refractivity (Wildman–Crippen MR) is 190 cm³/mol. The van der Waals surface area contributed by atoms with Gasteiger partial charge in [-0.1, -0.05) is 131 Å². The fraction of sp³-hybridized carbons (Fsp3) is 0.512. The summed E-state index contributed by atoms with van der Waals surface area (Å²) in [5.41, 5.74) is 0.889. The third-order valence-electron chi connectivity index (χ3n) is 10.3. The monoisotopic (exact) mass is 652 g/mol. The lowest BCUT2D eigenvalue weighted by Crippen LogP contribution is -2.67. The number of rotatable bonds is 11. The molecule has 3 aliphatic rings. The molecule has 0 N–H and O–H groups in total. The van der Waals surface area contributed by atoms with E-state index < -0.39 is 14.1 Å². The normalized spacial score (nSPS) is 28.1. The minimum absolute atomic E-state index is 0.0403. The molecule has 0 aliphatic carbocycles. The zero-order valence-electron chi connectivity index (χ0n) is 28.9. The molecule has 3 aromatic rings. The molecule has 0 bridgehead atoms. The highest BCUT2D eigenvalue weighted by Gasteiger charge is 2.60. The third kappa shape index (κ3) is 7.62. The molecule has 0 radical (unpaired) electrons. The largest absolute Gasteiger partial charge is 0.407 e. The van der Waals surface area contributed by atoms with E-state index >= 15 is 0 Å². The second kappa shape index (κ2) is 14.4. The lowest BCUT2D eigenvalue weighted by molar-refractivity contribution is -0.280. The summed E-state index contributed by atoms with van der Waals surface area (Å²) >= 11 is 0. The zero-order chi connectivity index (χ0) is 33.0. The van der Waals surface area contributed by atoms with E-state index in [2.05, 4.69) is 119 Å². The maximum absolute atomic E-state index is 7.29. The topological polar surface area (TPSA) is 49.5 Å². The van der Waals surface area contributed by atoms with Gasteiger partial charge in [0.05, 0.1) is 18.8 Å². The highest BCUT2D eigenvalue weighted by Crippen LogP contribution is 2.50. The van der Waals surface area contributed by atoms with Gasteiger partial charge in [0.15, 0.2) is 5.79 Å². The van der Waals surface area contributed by atoms with Crippen molar-refractivity contribution in [2.75, 3.05) is 13.2 Å². The Morgan fingerprint density at radius 3 is 2.11 bits per heavy atom. The van der Waals surface area contributed by atoms with Crippen LogP contribution in [-0.2, 0) is 30.0 Å². The lowest BCUT2D eigenvalue weighted by atomic mass is 9.92. The number of hydrogen-bond acceptors (Lipinski definition) is 5. The van der Waals surface area contributed by atoms with Crippen molar-refractivity contribution in [2.45, 2.75) is 114 Å². The average molecular weight is 653 g/mol. The van der Waals surface area contributed by atoms with E-state index in [1.54, 1.807) is 0 Å². The molecule has 47 heavy (non-hydrogen) atoms. The maximum Gasteiger partial charge on any atom is 0.261 e. The van der Waals surface area contributed by atoms with Gasteiger partial charge in [0.1, 0.15) is 18.3 Å². The van der Waals surface area contributed by atoms with Crippen LogP contribution in [0.4, 0.5) is 0 Å². The minimum atomic E-state index is -2.61. The molecule has 3 saturated heterocycles. The predicted octanol–water partition coefficient (Wildman–Crippen LogP) is 7.41. The number of ether oxygens (including phenoxy) is 4. The highest BCUT2D eigenvalue weighted by atomic mass is 28.4. The van der Waals surface area contributed by atoms with Gasteiger partial charge < -0.3 is 23.4 Å². The van der Waals surface area contributed by atoms with Crippen molar-refractivity contribution >= 4 is 18.7 Å². The summed E-state index contributed by atoms with van der Waals surface area (Å²) in [6.07, 6.45) is 5.79. The quantitative estimate of drug-likeness (QED) is 0.0935. The van der Waals surface area contributed by atoms with Gasteiger partial charge in [-0.25, -0.2) is 0 Å². The van der Waals surface area contributed by atoms with Crippen molar-refractivity contribution in [2.24, 2.45) is 5.92 Å². The molecule has 0 saturated carbocycles. The molecule has 0 aromatic heterocycles. The Labute approximate surface area is 283 Å². The highest BCUT2D eigenvalue weighted by molar-refractivity contribution is 6.99. The van der Waals surface area contributed by atoms with Crippen molar-refractivity contribution in [3.63, 3.8) is 0 Å². The average Bonchev–Trinajstić information content (AvgIpc) is 3.60. The smallest absolute Gasteiger partial charge is 0.261 e. The summed E-state index contributed by atoms with van der Waals surface area (Å²) < 4.78 is 32.9. The summed E-state index contributed by atoms with van der Waals surface area (Å²) in [6.45, 7) is 13.1. The molecular weight excluding hydrogens is 601 g/mol. The third-order valence-corrected chi connectivity index (χ3v) is 15.3. The van der Waals surface area contributed by atoms with Crippen molar-refractivity contribution < 1.29 is 23.4 Å². The maximum atomic E-state index is 7.29. The van der Waals surface area contributed by atoms with Gasteiger partial charge in [0.2, 0.25) is 0 Å². The Balaban J connectivity index is 1.04. The fourth-order valence-corrected chi connectivity index (χ4v) is 12.4. The molecule has 3 aliphatic heterocycles. The van der Waals surface area contributed by atoms with Gasteiger partial charge >= 0.3 is 0 Å². The second-order valence-corrected chi connectivity index (χ2v) is 19.3. The van der Waals surface area contributed by atoms with E-state index in [1.165, 1.54) is 10.4 Å². The van der Waals surface area contributed by atoms with E-state index in [9.17, 15) is 0 Å². The SMILES string of the molecule is C[C@@H](CO[Si](c1ccccc1)(c1ccccc1)C(C)(C)C)[C@@H]1CCC[C@]2(CC[C@@H]([C@@H]3O[C@@]3(C)CC#CCOCc3ccccc3)O2)O1. The summed E-state index contributed by atoms with van der Waals surface area (Å²) in [5, 5.41) is 2.57. The van der Waals surface area contributed by atoms with E-state index in [1.807, 2.05) is 18.2 Å². The van der Waals surface area contributed by atoms with Gasteiger partial charge in [-0.3, -0.25) is 0 Å². The van der Waals surface area contributed by atoms with Gasteiger partial charge in [-0.15, -0.1) is 0 Å². The molecule has 5 nitrogen and oxygen atoms in total. The van der Waals surface area contributed by atoms with Crippen molar-refractivity contribution in [1.82, 2.24) is 0 Å². The molecule has 6 rings (SSSR count). The zero-order valence-corrected chi connectivity index (χ0v) is 29.9. The van der Waals surface area contributed by atoms with Gasteiger partial charge in [-0.05, 0) is 47.2 Å². The van der Waals surface area contributed by atoms with E-state index in [0.717, 1.165) is 37.7 Å². The van der Waals surface area contributed by atoms with Crippen LogP contribution < -0.4 is 10.4 Å². The minimum Gasteiger partial charge on any atom is -0.407 e. The Kier molecular flexibility index (Phi) is 10.4. The molecule has 250 valence electrons. The molecule has 6 atom stereocenters. The number of hydrogen-bond donors (Lipinski definition) is 0. The first-order valence-corrected chi connectivity index (χ1v) is 19.4. The van der Waals surface area contributed by atoms with Gasteiger partial charge in [-0.2, -0.15) is 0 Å². The lowest BCUT2D eigenvalue weighted by Gasteiger charge is -2.45. The second-order valence-electron chi connectivity index (χ2n) is 15.0. The van der Waals surface area contributed by atoms with Crippen molar-refractivity contribution in [3.05, 3.63) is 96.6 Å². The van der Waals surface area contributed by atoms with Crippen LogP contribution in [0, 0.1) is 17.8 Å². The first-order chi connectivity index (χ1) is 22.6. The van der Waals surface area contributed by atoms with Crippen molar-refractivity contribution in [1.29, 1.82) is 0 Å². The molecule has 0 unspecified atom stereocenters. The van der Waals surface area contributed by atoms with Crippen molar-refractivity contribution in [3.8, 4) is 11.8 Å². The van der Waals surface area contributed by atoms with E-state index in [4.69, 9.17) is 23.4 Å². The molecule has 1 spiro atoms. The summed E-state index contributed by atoms with van der Waals surface area (Å²) in [5.74, 6) is 6.16. The summed E-state index contributed by atoms with van der Waals surface area (Å²) in [6, 6.07) is 32.0. The molecular formula is C41H52O5Si. The summed E-state index contributed by atoms with van der Waals surface area (Å²) in [7, 11) is -2.61. The van der Waals surface area contributed by atoms with Gasteiger partial charge in [0, 0.05) is 31.8 Å². The van der Waals surface area contributed by atoms with Crippen LogP contribution in [0.5, 0.6) is 0 Å². The molecule has 3 heterocycles. The van der Waals surface area contributed by atoms with E-state index in [0.29, 0.717) is 26.2 Å². The van der Waals surface area contributed by atoms with Crippen LogP contribution in [-0.4, -0.2) is 51.2 Å². The Hall–Kier alpha value is -2.76. The first-order valence-electron chi connectivity index (χ1n) is 17.5. The number of benzene rings is 3. The summed E-state index contributed by atoms with van der Waals surface area (Å²) in [4.78, 5) is 0. The van der Waals surface area contributed by atoms with Gasteiger partial charge in [0.25, 0.3) is 8.32 Å². The van der Waals surface area contributed by atoms with Crippen LogP contribution in [0.3, 0.4) is 0 Å². The van der Waals surface area contributed by atoms with Crippen LogP contribution in [0.15, 0.2) is 91.0 Å². The Morgan fingerprint density at radius 2 is 1.47 bits per heavy atom. The van der Waals surface area contributed by atoms with Crippen LogP contribution >= 0.6 is 0 Å². The van der Waals surface area contributed by atoms with Crippen LogP contribution in [0.2, 0.25) is 5.04 Å². The Bertz CT molecular complexity index is 1460.